The van der Waals surface area contributed by atoms with E-state index in [1.165, 1.54) is 52.0 Å². The summed E-state index contributed by atoms with van der Waals surface area (Å²) in [6.07, 6.45) is 2.37. The molecule has 0 saturated heterocycles. The predicted molar refractivity (Wildman–Crippen MR) is 157 cm³/mol. The van der Waals surface area contributed by atoms with Crippen LogP contribution in [0.15, 0.2) is 115 Å². The van der Waals surface area contributed by atoms with Gasteiger partial charge in [0.05, 0.1) is 0 Å². The number of fused-ring (bicyclic) bond motifs is 1. The van der Waals surface area contributed by atoms with Crippen LogP contribution in [-0.4, -0.2) is 0 Å². The first-order valence-corrected chi connectivity index (χ1v) is 13.1. The molecule has 0 atom stereocenters. The number of hydrogen-bond acceptors (Lipinski definition) is 2. The summed E-state index contributed by atoms with van der Waals surface area (Å²) in [6.45, 7) is 6.40. The molecule has 37 heavy (non-hydrogen) atoms. The van der Waals surface area contributed by atoms with Crippen LogP contribution in [0.1, 0.15) is 27.8 Å². The van der Waals surface area contributed by atoms with Gasteiger partial charge in [0, 0.05) is 34.1 Å². The minimum Gasteiger partial charge on any atom is -0.311 e. The van der Waals surface area contributed by atoms with Crippen molar-refractivity contribution in [2.75, 3.05) is 9.80 Å². The Morgan fingerprint density at radius 1 is 0.351 bits per heavy atom. The van der Waals surface area contributed by atoms with Crippen molar-refractivity contribution in [3.8, 4) is 0 Å². The third-order valence-electron chi connectivity index (χ3n) is 7.35. The Bertz CT molecular complexity index is 1470. The van der Waals surface area contributed by atoms with Crippen molar-refractivity contribution in [2.45, 2.75) is 33.6 Å². The molecule has 0 heterocycles. The van der Waals surface area contributed by atoms with Gasteiger partial charge in [0.25, 0.3) is 0 Å². The lowest BCUT2D eigenvalue weighted by Crippen LogP contribution is -2.14. The molecule has 6 rings (SSSR count). The van der Waals surface area contributed by atoms with Crippen molar-refractivity contribution >= 4 is 34.1 Å². The zero-order valence-electron chi connectivity index (χ0n) is 21.8. The molecule has 1 aliphatic rings. The Morgan fingerprint density at radius 2 is 0.649 bits per heavy atom. The summed E-state index contributed by atoms with van der Waals surface area (Å²) in [7, 11) is 0. The van der Waals surface area contributed by atoms with Crippen molar-refractivity contribution in [3.63, 3.8) is 0 Å². The number of anilines is 6. The monoisotopic (exact) mass is 480 g/mol. The van der Waals surface area contributed by atoms with Gasteiger partial charge in [0.1, 0.15) is 0 Å². The number of aryl methyl sites for hydroxylation is 5. The van der Waals surface area contributed by atoms with Gasteiger partial charge in [-0.05, 0) is 118 Å². The standard InChI is InChI=1S/C35H32N2/c1-25-4-13-30(14-5-25)36(31-15-6-26(2)7-16-31)33-20-22-34(23-21-33)37(32-17-8-27(3)9-18-32)35-19-12-28-10-11-29(28)24-35/h4-9,12-24H,10-11H2,1-3H3. The van der Waals surface area contributed by atoms with Crippen LogP contribution in [0.2, 0.25) is 0 Å². The molecule has 0 fully saturated rings. The summed E-state index contributed by atoms with van der Waals surface area (Å²) in [5.74, 6) is 0. The zero-order valence-corrected chi connectivity index (χ0v) is 21.8. The summed E-state index contributed by atoms with van der Waals surface area (Å²) in [5, 5.41) is 0. The molecule has 5 aromatic rings. The molecule has 1 aliphatic carbocycles. The van der Waals surface area contributed by atoms with Gasteiger partial charge in [-0.2, -0.15) is 0 Å². The highest BCUT2D eigenvalue weighted by Crippen LogP contribution is 2.40. The molecule has 0 amide bonds. The highest BCUT2D eigenvalue weighted by atomic mass is 15.2. The van der Waals surface area contributed by atoms with Crippen LogP contribution in [0.5, 0.6) is 0 Å². The summed E-state index contributed by atoms with van der Waals surface area (Å²) < 4.78 is 0. The Labute approximate surface area is 220 Å². The van der Waals surface area contributed by atoms with Crippen LogP contribution in [0, 0.1) is 20.8 Å². The van der Waals surface area contributed by atoms with Crippen LogP contribution >= 0.6 is 0 Å². The number of nitrogens with zero attached hydrogens (tertiary/aromatic N) is 2. The first kappa shape index (κ1) is 23.1. The fraction of sp³-hybridized carbons (Fsp3) is 0.143. The number of benzene rings is 5. The van der Waals surface area contributed by atoms with Gasteiger partial charge in [-0.3, -0.25) is 0 Å². The summed E-state index contributed by atoms with van der Waals surface area (Å²) >= 11 is 0. The van der Waals surface area contributed by atoms with Crippen LogP contribution in [-0.2, 0) is 12.8 Å². The van der Waals surface area contributed by atoms with E-state index in [-0.39, 0.29) is 0 Å². The van der Waals surface area contributed by atoms with E-state index in [4.69, 9.17) is 0 Å². The van der Waals surface area contributed by atoms with Crippen molar-refractivity contribution in [3.05, 3.63) is 143 Å². The van der Waals surface area contributed by atoms with Gasteiger partial charge in [0.15, 0.2) is 0 Å². The van der Waals surface area contributed by atoms with Crippen LogP contribution in [0.25, 0.3) is 0 Å². The van der Waals surface area contributed by atoms with E-state index < -0.39 is 0 Å². The van der Waals surface area contributed by atoms with E-state index in [2.05, 4.69) is 146 Å². The lowest BCUT2D eigenvalue weighted by Gasteiger charge is -2.30. The van der Waals surface area contributed by atoms with Crippen molar-refractivity contribution < 1.29 is 0 Å². The molecular weight excluding hydrogens is 448 g/mol. The number of rotatable bonds is 6. The fourth-order valence-corrected chi connectivity index (χ4v) is 5.05. The number of hydrogen-bond donors (Lipinski definition) is 0. The normalized spacial score (nSPS) is 12.0. The molecule has 2 nitrogen and oxygen atoms in total. The first-order chi connectivity index (χ1) is 18.0. The van der Waals surface area contributed by atoms with Crippen molar-refractivity contribution in [2.24, 2.45) is 0 Å². The molecule has 0 bridgehead atoms. The molecule has 0 saturated carbocycles. The highest BCUT2D eigenvalue weighted by molar-refractivity contribution is 5.81. The summed E-state index contributed by atoms with van der Waals surface area (Å²) in [5.41, 5.74) is 13.7. The Kier molecular flexibility index (Phi) is 6.02. The van der Waals surface area contributed by atoms with Gasteiger partial charge < -0.3 is 9.80 Å². The molecule has 0 spiro atoms. The topological polar surface area (TPSA) is 6.48 Å². The lowest BCUT2D eigenvalue weighted by molar-refractivity contribution is 0.839. The van der Waals surface area contributed by atoms with Crippen LogP contribution in [0.4, 0.5) is 34.1 Å². The minimum atomic E-state index is 1.14. The molecule has 0 aliphatic heterocycles. The fourth-order valence-electron chi connectivity index (χ4n) is 5.05. The van der Waals surface area contributed by atoms with Gasteiger partial charge in [0.2, 0.25) is 0 Å². The second-order valence-electron chi connectivity index (χ2n) is 10.1. The minimum absolute atomic E-state index is 1.14. The Hall–Kier alpha value is -4.30. The molecule has 0 N–H and O–H groups in total. The average Bonchev–Trinajstić information content (AvgIpc) is 2.90. The second-order valence-corrected chi connectivity index (χ2v) is 10.1. The smallest absolute Gasteiger partial charge is 0.0464 e. The van der Waals surface area contributed by atoms with Crippen molar-refractivity contribution in [1.29, 1.82) is 0 Å². The molecule has 0 unspecified atom stereocenters. The van der Waals surface area contributed by atoms with Gasteiger partial charge in [-0.25, -0.2) is 0 Å². The van der Waals surface area contributed by atoms with Crippen molar-refractivity contribution in [1.82, 2.24) is 0 Å². The lowest BCUT2D eigenvalue weighted by atomic mass is 9.88. The molecule has 0 radical (unpaired) electrons. The van der Waals surface area contributed by atoms with Crippen LogP contribution < -0.4 is 9.80 Å². The molecular formula is C35H32N2. The predicted octanol–water partition coefficient (Wildman–Crippen LogP) is 9.65. The van der Waals surface area contributed by atoms with Gasteiger partial charge >= 0.3 is 0 Å². The van der Waals surface area contributed by atoms with E-state index in [1.54, 1.807) is 0 Å². The Morgan fingerprint density at radius 3 is 0.973 bits per heavy atom. The molecule has 2 heteroatoms. The third kappa shape index (κ3) is 4.63. The average molecular weight is 481 g/mol. The van der Waals surface area contributed by atoms with E-state index >= 15 is 0 Å². The van der Waals surface area contributed by atoms with Gasteiger partial charge in [-0.15, -0.1) is 0 Å². The molecule has 0 aromatic heterocycles. The zero-order chi connectivity index (χ0) is 25.4. The Balaban J connectivity index is 1.42. The second kappa shape index (κ2) is 9.63. The molecule has 182 valence electrons. The van der Waals surface area contributed by atoms with E-state index in [0.29, 0.717) is 0 Å². The first-order valence-electron chi connectivity index (χ1n) is 13.1. The summed E-state index contributed by atoms with van der Waals surface area (Å²) in [6, 6.07) is 42.2. The van der Waals surface area contributed by atoms with E-state index in [9.17, 15) is 0 Å². The SMILES string of the molecule is Cc1ccc(N(c2ccc(C)cc2)c2ccc(N(c3ccc(C)cc3)c3ccc4c(c3)CC4)cc2)cc1. The largest absolute Gasteiger partial charge is 0.311 e. The maximum atomic E-state index is 2.36. The van der Waals surface area contributed by atoms with Crippen LogP contribution in [0.3, 0.4) is 0 Å². The summed E-state index contributed by atoms with van der Waals surface area (Å²) in [4.78, 5) is 4.69. The maximum absolute atomic E-state index is 2.36. The quantitative estimate of drug-likeness (QED) is 0.239. The van der Waals surface area contributed by atoms with E-state index in [0.717, 1.165) is 22.7 Å². The van der Waals surface area contributed by atoms with Gasteiger partial charge in [-0.1, -0.05) is 59.2 Å². The highest BCUT2D eigenvalue weighted by Gasteiger charge is 2.19. The maximum Gasteiger partial charge on any atom is 0.0464 e. The molecule has 5 aromatic carbocycles. The third-order valence-corrected chi connectivity index (χ3v) is 7.35. The van der Waals surface area contributed by atoms with E-state index in [1.807, 2.05) is 0 Å².